The van der Waals surface area contributed by atoms with Crippen LogP contribution in [0.25, 0.3) is 0 Å². The van der Waals surface area contributed by atoms with Crippen molar-refractivity contribution in [3.05, 3.63) is 46.6 Å². The number of anilines is 1. The Bertz CT molecular complexity index is 821. The lowest BCUT2D eigenvalue weighted by Gasteiger charge is -2.19. The van der Waals surface area contributed by atoms with Crippen molar-refractivity contribution in [3.63, 3.8) is 0 Å². The molecule has 1 aliphatic heterocycles. The molecule has 2 atom stereocenters. The molecule has 4 rings (SSSR count). The van der Waals surface area contributed by atoms with Crippen molar-refractivity contribution in [1.29, 1.82) is 0 Å². The van der Waals surface area contributed by atoms with E-state index in [1.807, 2.05) is 37.3 Å². The lowest BCUT2D eigenvalue weighted by molar-refractivity contribution is -0.122. The molecule has 0 spiro atoms. The van der Waals surface area contributed by atoms with Gasteiger partial charge in [-0.05, 0) is 31.4 Å². The summed E-state index contributed by atoms with van der Waals surface area (Å²) in [4.78, 5) is 26.7. The number of aromatic nitrogens is 2. The highest BCUT2D eigenvalue weighted by molar-refractivity contribution is 6.31. The van der Waals surface area contributed by atoms with Crippen LogP contribution in [0.2, 0.25) is 5.02 Å². The molecule has 5 nitrogen and oxygen atoms in total. The minimum atomic E-state index is -0.157. The molecule has 1 saturated carbocycles. The molecule has 6 heteroatoms. The van der Waals surface area contributed by atoms with Gasteiger partial charge >= 0.3 is 0 Å². The van der Waals surface area contributed by atoms with Crippen molar-refractivity contribution < 1.29 is 9.59 Å². The summed E-state index contributed by atoms with van der Waals surface area (Å²) in [6, 6.07) is 9.42. The fourth-order valence-corrected chi connectivity index (χ4v) is 4.13. The largest absolute Gasteiger partial charge is 0.274 e. The molecule has 1 aromatic carbocycles. The monoisotopic (exact) mass is 357 g/mol. The van der Waals surface area contributed by atoms with Crippen molar-refractivity contribution in [2.24, 2.45) is 11.8 Å². The number of carbonyl (C=O) groups is 2. The Morgan fingerprint density at radius 1 is 1.12 bits per heavy atom. The highest BCUT2D eigenvalue weighted by Crippen LogP contribution is 2.39. The minimum absolute atomic E-state index is 0.0860. The fraction of sp³-hybridized carbons (Fsp3) is 0.421. The average molecular weight is 358 g/mol. The molecule has 1 saturated heterocycles. The third-order valence-corrected chi connectivity index (χ3v) is 5.69. The Morgan fingerprint density at radius 3 is 2.40 bits per heavy atom. The van der Waals surface area contributed by atoms with Crippen LogP contribution in [0.15, 0.2) is 30.3 Å². The van der Waals surface area contributed by atoms with Crippen LogP contribution in [-0.2, 0) is 16.1 Å². The highest BCUT2D eigenvalue weighted by Gasteiger charge is 2.49. The van der Waals surface area contributed by atoms with Crippen LogP contribution in [0.4, 0.5) is 5.82 Å². The summed E-state index contributed by atoms with van der Waals surface area (Å²) < 4.78 is 1.79. The summed E-state index contributed by atoms with van der Waals surface area (Å²) >= 11 is 6.23. The molecule has 0 bridgehead atoms. The normalized spacial score (nSPS) is 23.2. The van der Waals surface area contributed by atoms with E-state index >= 15 is 0 Å². The van der Waals surface area contributed by atoms with Crippen LogP contribution < -0.4 is 4.90 Å². The van der Waals surface area contributed by atoms with Crippen molar-refractivity contribution in [3.8, 4) is 0 Å². The summed E-state index contributed by atoms with van der Waals surface area (Å²) in [5.41, 5.74) is 1.85. The summed E-state index contributed by atoms with van der Waals surface area (Å²) in [5.74, 6) is -0.0475. The minimum Gasteiger partial charge on any atom is -0.274 e. The Kier molecular flexibility index (Phi) is 4.12. The quantitative estimate of drug-likeness (QED) is 0.789. The molecule has 0 radical (unpaired) electrons. The summed E-state index contributed by atoms with van der Waals surface area (Å²) in [5, 5.41) is 5.21. The van der Waals surface area contributed by atoms with Gasteiger partial charge in [0.15, 0.2) is 5.82 Å². The van der Waals surface area contributed by atoms with Gasteiger partial charge in [-0.1, -0.05) is 42.6 Å². The molecule has 2 aliphatic rings. The van der Waals surface area contributed by atoms with Crippen LogP contribution in [0, 0.1) is 18.8 Å². The number of benzene rings is 1. The van der Waals surface area contributed by atoms with Gasteiger partial charge in [-0.15, -0.1) is 0 Å². The van der Waals surface area contributed by atoms with Crippen LogP contribution in [0.3, 0.4) is 0 Å². The zero-order valence-electron chi connectivity index (χ0n) is 14.1. The van der Waals surface area contributed by atoms with Crippen molar-refractivity contribution in [2.45, 2.75) is 39.2 Å². The number of hydrogen-bond acceptors (Lipinski definition) is 3. The van der Waals surface area contributed by atoms with Crippen molar-refractivity contribution in [1.82, 2.24) is 9.78 Å². The maximum atomic E-state index is 12.7. The van der Waals surface area contributed by atoms with Crippen LogP contribution in [-0.4, -0.2) is 21.6 Å². The van der Waals surface area contributed by atoms with E-state index < -0.39 is 0 Å². The molecule has 1 aromatic heterocycles. The van der Waals surface area contributed by atoms with Crippen molar-refractivity contribution >= 4 is 29.2 Å². The molecule has 1 aliphatic carbocycles. The Labute approximate surface area is 151 Å². The number of rotatable bonds is 3. The van der Waals surface area contributed by atoms with Gasteiger partial charge in [0.05, 0.1) is 18.4 Å². The van der Waals surface area contributed by atoms with E-state index in [-0.39, 0.29) is 23.7 Å². The smallest absolute Gasteiger partial charge is 0.238 e. The van der Waals surface area contributed by atoms with Gasteiger partial charge in [-0.3, -0.25) is 14.3 Å². The number of aryl methyl sites for hydroxylation is 1. The van der Waals surface area contributed by atoms with E-state index in [4.69, 9.17) is 11.6 Å². The summed E-state index contributed by atoms with van der Waals surface area (Å²) in [6.07, 6.45) is 3.66. The second kappa shape index (κ2) is 6.30. The first-order chi connectivity index (χ1) is 12.1. The number of imide groups is 1. The SMILES string of the molecule is Cc1cc(N2C(=O)[C@H]3CCCC[C@H]3C2=O)nn1Cc1ccccc1Cl. The van der Waals surface area contributed by atoms with Crippen molar-refractivity contribution in [2.75, 3.05) is 4.90 Å². The van der Waals surface area contributed by atoms with Gasteiger partial charge in [0.2, 0.25) is 11.8 Å². The number of carbonyl (C=O) groups excluding carboxylic acids is 2. The average Bonchev–Trinajstić information content (AvgIpc) is 3.08. The van der Waals surface area contributed by atoms with Crippen LogP contribution in [0.5, 0.6) is 0 Å². The number of hydrogen-bond donors (Lipinski definition) is 0. The predicted molar refractivity (Wildman–Crippen MR) is 95.5 cm³/mol. The van der Waals surface area contributed by atoms with E-state index in [2.05, 4.69) is 5.10 Å². The van der Waals surface area contributed by atoms with Gasteiger partial charge in [-0.25, -0.2) is 4.90 Å². The molecule has 0 N–H and O–H groups in total. The molecule has 25 heavy (non-hydrogen) atoms. The second-order valence-electron chi connectivity index (χ2n) is 6.90. The maximum absolute atomic E-state index is 12.7. The Balaban J connectivity index is 1.63. The van der Waals surface area contributed by atoms with E-state index in [1.165, 1.54) is 4.90 Å². The summed E-state index contributed by atoms with van der Waals surface area (Å²) in [6.45, 7) is 2.43. The third-order valence-electron chi connectivity index (χ3n) is 5.32. The van der Waals surface area contributed by atoms with Crippen LogP contribution in [0.1, 0.15) is 36.9 Å². The fourth-order valence-electron chi connectivity index (χ4n) is 3.94. The van der Waals surface area contributed by atoms with E-state index in [0.29, 0.717) is 17.4 Å². The molecule has 2 fully saturated rings. The predicted octanol–water partition coefficient (Wildman–Crippen LogP) is 3.57. The first-order valence-electron chi connectivity index (χ1n) is 8.72. The molecule has 2 amide bonds. The number of halogens is 1. The van der Waals surface area contributed by atoms with E-state index in [9.17, 15) is 9.59 Å². The summed E-state index contributed by atoms with van der Waals surface area (Å²) in [7, 11) is 0. The van der Waals surface area contributed by atoms with Gasteiger partial charge in [0, 0.05) is 16.8 Å². The molecular formula is C19H20ClN3O2. The molecule has 0 unspecified atom stereocenters. The molecule has 2 aromatic rings. The second-order valence-corrected chi connectivity index (χ2v) is 7.31. The zero-order chi connectivity index (χ0) is 17.6. The first-order valence-corrected chi connectivity index (χ1v) is 9.09. The maximum Gasteiger partial charge on any atom is 0.238 e. The third kappa shape index (κ3) is 2.76. The lowest BCUT2D eigenvalue weighted by Crippen LogP contribution is -2.31. The molecular weight excluding hydrogens is 338 g/mol. The zero-order valence-corrected chi connectivity index (χ0v) is 14.9. The topological polar surface area (TPSA) is 55.2 Å². The first kappa shape index (κ1) is 16.3. The lowest BCUT2D eigenvalue weighted by atomic mass is 9.81. The Hall–Kier alpha value is -2.14. The standard InChI is InChI=1S/C19H20ClN3O2/c1-12-10-17(21-22(12)11-13-6-2-5-9-16(13)20)23-18(24)14-7-3-4-8-15(14)19(23)25/h2,5-6,9-10,14-15H,3-4,7-8,11H2,1H3/t14-,15+. The number of nitrogens with zero attached hydrogens (tertiary/aromatic N) is 3. The van der Waals surface area contributed by atoms with Gasteiger partial charge < -0.3 is 0 Å². The Morgan fingerprint density at radius 2 is 1.76 bits per heavy atom. The van der Waals surface area contributed by atoms with E-state index in [0.717, 1.165) is 36.9 Å². The van der Waals surface area contributed by atoms with Gasteiger partial charge in [0.1, 0.15) is 0 Å². The number of fused-ring (bicyclic) bond motifs is 1. The molecule has 2 heterocycles. The van der Waals surface area contributed by atoms with E-state index in [1.54, 1.807) is 4.68 Å². The number of amides is 2. The molecule has 130 valence electrons. The van der Waals surface area contributed by atoms with Crippen LogP contribution >= 0.6 is 11.6 Å². The van der Waals surface area contributed by atoms with Gasteiger partial charge in [0.25, 0.3) is 0 Å². The van der Waals surface area contributed by atoms with Gasteiger partial charge in [-0.2, -0.15) is 5.10 Å². The highest BCUT2D eigenvalue weighted by atomic mass is 35.5.